The van der Waals surface area contributed by atoms with Crippen molar-refractivity contribution in [2.45, 2.75) is 90.2 Å². The first kappa shape index (κ1) is 27.5. The predicted molar refractivity (Wildman–Crippen MR) is 137 cm³/mol. The lowest BCUT2D eigenvalue weighted by molar-refractivity contribution is -0.384. The molecule has 0 fully saturated rings. The SMILES string of the molecule is CCCCCCCCCCCCN[C@H](Cc1ccccc1)C(=O)OCc1ccc([N+](=O)[O-])cc1. The third-order valence-electron chi connectivity index (χ3n) is 6.02. The Hall–Kier alpha value is -2.73. The Kier molecular flexibility index (Phi) is 13.6. The minimum absolute atomic E-state index is 0.0233. The van der Waals surface area contributed by atoms with Gasteiger partial charge in [-0.25, -0.2) is 0 Å². The van der Waals surface area contributed by atoms with Crippen LogP contribution in [0.15, 0.2) is 54.6 Å². The van der Waals surface area contributed by atoms with E-state index in [0.717, 1.165) is 30.5 Å². The van der Waals surface area contributed by atoms with Gasteiger partial charge in [-0.2, -0.15) is 0 Å². The van der Waals surface area contributed by atoms with Gasteiger partial charge in [-0.15, -0.1) is 0 Å². The topological polar surface area (TPSA) is 81.5 Å². The summed E-state index contributed by atoms with van der Waals surface area (Å²) >= 11 is 0. The van der Waals surface area contributed by atoms with Gasteiger partial charge in [0.15, 0.2) is 0 Å². The van der Waals surface area contributed by atoms with Crippen molar-refractivity contribution in [1.82, 2.24) is 5.32 Å². The third-order valence-corrected chi connectivity index (χ3v) is 6.02. The van der Waals surface area contributed by atoms with Crippen LogP contribution in [0.1, 0.15) is 82.3 Å². The van der Waals surface area contributed by atoms with Gasteiger partial charge in [-0.3, -0.25) is 14.9 Å². The van der Waals surface area contributed by atoms with Gasteiger partial charge in [0.2, 0.25) is 0 Å². The van der Waals surface area contributed by atoms with E-state index in [1.807, 2.05) is 30.3 Å². The lowest BCUT2D eigenvalue weighted by Gasteiger charge is -2.18. The van der Waals surface area contributed by atoms with E-state index in [1.165, 1.54) is 63.5 Å². The molecule has 2 rings (SSSR count). The van der Waals surface area contributed by atoms with E-state index in [2.05, 4.69) is 12.2 Å². The number of carbonyl (C=O) groups is 1. The third kappa shape index (κ3) is 11.4. The summed E-state index contributed by atoms with van der Waals surface area (Å²) in [4.78, 5) is 23.2. The number of nitrogens with zero attached hydrogens (tertiary/aromatic N) is 1. The van der Waals surface area contributed by atoms with Crippen molar-refractivity contribution in [3.63, 3.8) is 0 Å². The minimum atomic E-state index is -0.441. The van der Waals surface area contributed by atoms with Crippen molar-refractivity contribution in [1.29, 1.82) is 0 Å². The van der Waals surface area contributed by atoms with Crippen LogP contribution >= 0.6 is 0 Å². The van der Waals surface area contributed by atoms with Crippen LogP contribution in [0.25, 0.3) is 0 Å². The Bertz CT molecular complexity index is 824. The van der Waals surface area contributed by atoms with Crippen LogP contribution in [-0.2, 0) is 22.6 Å². The van der Waals surface area contributed by atoms with Crippen LogP contribution in [-0.4, -0.2) is 23.5 Å². The molecule has 0 saturated carbocycles. The normalized spacial score (nSPS) is 11.8. The number of unbranched alkanes of at least 4 members (excludes halogenated alkanes) is 9. The predicted octanol–water partition coefficient (Wildman–Crippen LogP) is 6.76. The summed E-state index contributed by atoms with van der Waals surface area (Å²) in [5, 5.41) is 14.2. The number of benzene rings is 2. The van der Waals surface area contributed by atoms with E-state index in [4.69, 9.17) is 4.74 Å². The molecule has 0 aliphatic carbocycles. The molecule has 6 heteroatoms. The monoisotopic (exact) mass is 468 g/mol. The molecule has 0 aromatic heterocycles. The average Bonchev–Trinajstić information content (AvgIpc) is 2.86. The quantitative estimate of drug-likeness (QED) is 0.113. The number of hydrogen-bond acceptors (Lipinski definition) is 5. The molecule has 2 aromatic carbocycles. The summed E-state index contributed by atoms with van der Waals surface area (Å²) in [6, 6.07) is 15.6. The van der Waals surface area contributed by atoms with E-state index in [1.54, 1.807) is 12.1 Å². The number of hydrogen-bond donors (Lipinski definition) is 1. The van der Waals surface area contributed by atoms with Gasteiger partial charge < -0.3 is 10.1 Å². The van der Waals surface area contributed by atoms with Crippen molar-refractivity contribution in [3.8, 4) is 0 Å². The lowest BCUT2D eigenvalue weighted by Crippen LogP contribution is -2.40. The number of non-ortho nitro benzene ring substituents is 1. The molecule has 2 aromatic rings. The average molecular weight is 469 g/mol. The second kappa shape index (κ2) is 16.8. The van der Waals surface area contributed by atoms with E-state index >= 15 is 0 Å². The van der Waals surface area contributed by atoms with Crippen LogP contribution in [0.4, 0.5) is 5.69 Å². The Morgan fingerprint density at radius 3 is 2.03 bits per heavy atom. The van der Waals surface area contributed by atoms with Crippen LogP contribution in [0.2, 0.25) is 0 Å². The second-order valence-electron chi connectivity index (χ2n) is 8.91. The Morgan fingerprint density at radius 2 is 1.44 bits per heavy atom. The smallest absolute Gasteiger partial charge is 0.323 e. The van der Waals surface area contributed by atoms with Crippen molar-refractivity contribution >= 4 is 11.7 Å². The van der Waals surface area contributed by atoms with Crippen molar-refractivity contribution < 1.29 is 14.5 Å². The summed E-state index contributed by atoms with van der Waals surface area (Å²) in [5.41, 5.74) is 1.83. The van der Waals surface area contributed by atoms with Crippen LogP contribution in [0.5, 0.6) is 0 Å². The first-order valence-corrected chi connectivity index (χ1v) is 12.8. The molecule has 0 heterocycles. The molecule has 0 aliphatic heterocycles. The highest BCUT2D eigenvalue weighted by molar-refractivity contribution is 5.76. The molecule has 6 nitrogen and oxygen atoms in total. The molecule has 0 amide bonds. The zero-order valence-electron chi connectivity index (χ0n) is 20.5. The highest BCUT2D eigenvalue weighted by atomic mass is 16.6. The summed E-state index contributed by atoms with van der Waals surface area (Å²) in [6.45, 7) is 3.12. The molecule has 0 spiro atoms. The molecular weight excluding hydrogens is 428 g/mol. The molecule has 1 N–H and O–H groups in total. The molecule has 0 radical (unpaired) electrons. The van der Waals surface area contributed by atoms with E-state index in [-0.39, 0.29) is 18.3 Å². The summed E-state index contributed by atoms with van der Waals surface area (Å²) in [7, 11) is 0. The fourth-order valence-corrected chi connectivity index (χ4v) is 3.95. The van der Waals surface area contributed by atoms with Gasteiger partial charge in [0, 0.05) is 12.1 Å². The van der Waals surface area contributed by atoms with E-state index in [0.29, 0.717) is 6.42 Å². The maximum atomic E-state index is 12.8. The fraction of sp³-hybridized carbons (Fsp3) is 0.536. The van der Waals surface area contributed by atoms with Crippen molar-refractivity contribution in [2.24, 2.45) is 0 Å². The van der Waals surface area contributed by atoms with Crippen molar-refractivity contribution in [3.05, 3.63) is 75.8 Å². The standard InChI is InChI=1S/C28H40N2O4/c1-2-3-4-5-6-7-8-9-10-14-21-29-27(22-24-15-12-11-13-16-24)28(31)34-23-25-17-19-26(20-18-25)30(32)33/h11-13,15-20,27,29H,2-10,14,21-23H2,1H3/t27-/m1/s1. The summed E-state index contributed by atoms with van der Waals surface area (Å²) < 4.78 is 5.54. The van der Waals surface area contributed by atoms with Gasteiger partial charge in [-0.1, -0.05) is 95.0 Å². The van der Waals surface area contributed by atoms with Gasteiger partial charge in [0.05, 0.1) is 4.92 Å². The molecular formula is C28H40N2O4. The molecule has 1 atom stereocenters. The molecule has 0 aliphatic rings. The molecule has 186 valence electrons. The first-order chi connectivity index (χ1) is 16.6. The number of ether oxygens (including phenoxy) is 1. The zero-order valence-corrected chi connectivity index (χ0v) is 20.5. The number of rotatable bonds is 18. The summed E-state index contributed by atoms with van der Waals surface area (Å²) in [6.07, 6.45) is 13.3. The van der Waals surface area contributed by atoms with E-state index < -0.39 is 11.0 Å². The maximum absolute atomic E-state index is 12.8. The summed E-state index contributed by atoms with van der Waals surface area (Å²) in [5.74, 6) is -0.297. The molecule has 34 heavy (non-hydrogen) atoms. The lowest BCUT2D eigenvalue weighted by atomic mass is 10.0. The fourth-order valence-electron chi connectivity index (χ4n) is 3.95. The second-order valence-corrected chi connectivity index (χ2v) is 8.91. The number of nitro groups is 1. The van der Waals surface area contributed by atoms with Gasteiger partial charge in [0.1, 0.15) is 12.6 Å². The number of carbonyl (C=O) groups excluding carboxylic acids is 1. The Morgan fingerprint density at radius 1 is 0.853 bits per heavy atom. The number of nitrogens with one attached hydrogen (secondary N) is 1. The number of esters is 1. The van der Waals surface area contributed by atoms with Crippen molar-refractivity contribution in [2.75, 3.05) is 6.54 Å². The largest absolute Gasteiger partial charge is 0.460 e. The Labute approximate surface area is 204 Å². The molecule has 0 bridgehead atoms. The van der Waals surface area contributed by atoms with Crippen LogP contribution in [0, 0.1) is 10.1 Å². The maximum Gasteiger partial charge on any atom is 0.323 e. The van der Waals surface area contributed by atoms with Gasteiger partial charge in [0.25, 0.3) is 5.69 Å². The molecule has 0 saturated heterocycles. The van der Waals surface area contributed by atoms with Gasteiger partial charge >= 0.3 is 5.97 Å². The Balaban J connectivity index is 1.73. The first-order valence-electron chi connectivity index (χ1n) is 12.8. The molecule has 0 unspecified atom stereocenters. The minimum Gasteiger partial charge on any atom is -0.460 e. The van der Waals surface area contributed by atoms with Gasteiger partial charge in [-0.05, 0) is 42.6 Å². The number of nitro benzene ring substituents is 1. The van der Waals surface area contributed by atoms with Crippen LogP contribution < -0.4 is 5.32 Å². The zero-order chi connectivity index (χ0) is 24.4. The van der Waals surface area contributed by atoms with Crippen LogP contribution in [0.3, 0.4) is 0 Å². The highest BCUT2D eigenvalue weighted by Crippen LogP contribution is 2.14. The van der Waals surface area contributed by atoms with E-state index in [9.17, 15) is 14.9 Å². The highest BCUT2D eigenvalue weighted by Gasteiger charge is 2.20.